The van der Waals surface area contributed by atoms with Crippen molar-refractivity contribution in [2.24, 2.45) is 21.7 Å². The summed E-state index contributed by atoms with van der Waals surface area (Å²) in [5, 5.41) is 43.1. The van der Waals surface area contributed by atoms with Crippen LogP contribution in [0, 0.1) is 21.7 Å². The van der Waals surface area contributed by atoms with E-state index in [2.05, 4.69) is 0 Å². The van der Waals surface area contributed by atoms with Crippen molar-refractivity contribution in [2.75, 3.05) is 106 Å². The van der Waals surface area contributed by atoms with Gasteiger partial charge in [0.1, 0.15) is 34.9 Å². The smallest absolute Gasteiger partial charge is 0.317 e. The Morgan fingerprint density at radius 3 is 0.879 bits per heavy atom. The molecule has 0 aromatic carbocycles. The number of hydrogen-bond acceptors (Lipinski definition) is 25. The molecule has 91 heavy (non-hydrogen) atoms. The van der Waals surface area contributed by atoms with Crippen LogP contribution in [0.3, 0.4) is 0 Å². The maximum atomic E-state index is 14.8. The zero-order chi connectivity index (χ0) is 66.4. The number of aliphatic hydroxyl groups excluding tert-OH is 4. The molecule has 4 N–H and O–H groups in total. The van der Waals surface area contributed by atoms with E-state index in [-0.39, 0.29) is 65.7 Å². The Hall–Kier alpha value is -3.84. The molecule has 0 fully saturated rings. The molecule has 25 nitrogen and oxygen atoms in total. The summed E-state index contributed by atoms with van der Waals surface area (Å²) >= 11 is 0. The van der Waals surface area contributed by atoms with Gasteiger partial charge in [-0.2, -0.15) is 0 Å². The third-order valence-corrected chi connectivity index (χ3v) is 15.2. The molecule has 0 aromatic heterocycles. The van der Waals surface area contributed by atoms with Crippen molar-refractivity contribution in [3.63, 3.8) is 0 Å². The molecule has 0 aromatic rings. The molecule has 25 heteroatoms. The van der Waals surface area contributed by atoms with Gasteiger partial charge in [-0.15, -0.1) is 0 Å². The molecule has 0 saturated heterocycles. The number of carbonyl (C=O) groups excluding carboxylic acids is 4. The SMILES string of the molecule is CCCCC(O)OCC(C)(COC1C=CCCO1)C(=O)OCC(COCC(COC(=O)C(C)(COC(O)CCCC)COC1C=CCCO1)OC(=O)C(C)(COC(O)CCCC)COC1C=CCCO1)OC(=O)C(C)(COC(O)CCCC)COC1C=CCCO1. The molecule has 14 unspecified atom stereocenters. The van der Waals surface area contributed by atoms with Gasteiger partial charge in [-0.3, -0.25) is 19.2 Å². The average Bonchev–Trinajstić information content (AvgIpc) is 1.68. The van der Waals surface area contributed by atoms with Gasteiger partial charge in [0, 0.05) is 0 Å². The highest BCUT2D eigenvalue weighted by Gasteiger charge is 2.44. The Bertz CT molecular complexity index is 2020. The van der Waals surface area contributed by atoms with E-state index in [0.29, 0.717) is 90.6 Å². The number of hydrogen-bond donors (Lipinski definition) is 4. The summed E-state index contributed by atoms with van der Waals surface area (Å²) in [4.78, 5) is 58.6. The number of aliphatic hydroxyl groups is 4. The Balaban J connectivity index is 1.72. The molecule has 0 amide bonds. The van der Waals surface area contributed by atoms with Crippen LogP contribution < -0.4 is 0 Å². The first-order valence-corrected chi connectivity index (χ1v) is 32.8. The van der Waals surface area contributed by atoms with Gasteiger partial charge in [0.2, 0.25) is 0 Å². The second-order valence-electron chi connectivity index (χ2n) is 24.7. The van der Waals surface area contributed by atoms with Gasteiger partial charge in [-0.1, -0.05) is 77.7 Å². The van der Waals surface area contributed by atoms with Gasteiger partial charge in [-0.05, 0) is 129 Å². The second kappa shape index (κ2) is 44.0. The number of unbranched alkanes of at least 4 members (excludes halogenated alkanes) is 4. The Labute approximate surface area is 538 Å². The Kier molecular flexibility index (Phi) is 38.5. The summed E-state index contributed by atoms with van der Waals surface area (Å²) in [6, 6.07) is 0. The molecule has 524 valence electrons. The van der Waals surface area contributed by atoms with Gasteiger partial charge in [0.25, 0.3) is 0 Å². The minimum absolute atomic E-state index is 0.280. The lowest BCUT2D eigenvalue weighted by molar-refractivity contribution is -0.205. The molecular formula is C66H110O25. The van der Waals surface area contributed by atoms with Gasteiger partial charge >= 0.3 is 23.9 Å². The van der Waals surface area contributed by atoms with Gasteiger partial charge in [0.15, 0.2) is 62.5 Å². The highest BCUT2D eigenvalue weighted by molar-refractivity contribution is 5.79. The van der Waals surface area contributed by atoms with E-state index in [1.54, 1.807) is 24.3 Å². The van der Waals surface area contributed by atoms with Crippen LogP contribution in [0.1, 0.15) is 158 Å². The summed E-state index contributed by atoms with van der Waals surface area (Å²) in [7, 11) is 0. The molecule has 4 aliphatic rings. The molecule has 0 saturated carbocycles. The van der Waals surface area contributed by atoms with Gasteiger partial charge in [-0.25, -0.2) is 0 Å². The van der Waals surface area contributed by atoms with Gasteiger partial charge < -0.3 is 101 Å². The predicted molar refractivity (Wildman–Crippen MR) is 329 cm³/mol. The number of rotatable bonds is 50. The fourth-order valence-electron chi connectivity index (χ4n) is 8.98. The van der Waals surface area contributed by atoms with Crippen molar-refractivity contribution >= 4 is 23.9 Å². The highest BCUT2D eigenvalue weighted by atomic mass is 16.7. The van der Waals surface area contributed by atoms with Crippen molar-refractivity contribution < 1.29 is 120 Å². The summed E-state index contributed by atoms with van der Waals surface area (Å²) in [6.07, 6.45) is 13.1. The number of ether oxygens (including phenoxy) is 17. The maximum Gasteiger partial charge on any atom is 0.317 e. The van der Waals surface area contributed by atoms with E-state index in [4.69, 9.17) is 80.5 Å². The zero-order valence-electron chi connectivity index (χ0n) is 55.4. The van der Waals surface area contributed by atoms with Crippen LogP contribution in [-0.4, -0.2) is 213 Å². The Morgan fingerprint density at radius 1 is 0.396 bits per heavy atom. The molecule has 0 bridgehead atoms. The van der Waals surface area contributed by atoms with E-state index in [1.807, 2.05) is 52.0 Å². The zero-order valence-corrected chi connectivity index (χ0v) is 55.4. The normalized spacial score (nSPS) is 23.1. The van der Waals surface area contributed by atoms with E-state index >= 15 is 0 Å². The number of esters is 4. The highest BCUT2D eigenvalue weighted by Crippen LogP contribution is 2.30. The van der Waals surface area contributed by atoms with Crippen LogP contribution in [0.25, 0.3) is 0 Å². The third kappa shape index (κ3) is 31.1. The minimum Gasteiger partial charge on any atom is -0.461 e. The van der Waals surface area contributed by atoms with Crippen molar-refractivity contribution in [3.8, 4) is 0 Å². The molecule has 4 rings (SSSR count). The van der Waals surface area contributed by atoms with Crippen molar-refractivity contribution in [1.29, 1.82) is 0 Å². The molecule has 4 aliphatic heterocycles. The lowest BCUT2D eigenvalue weighted by atomic mass is 9.92. The molecular weight excluding hydrogens is 1190 g/mol. The summed E-state index contributed by atoms with van der Waals surface area (Å²) < 4.78 is 101. The lowest BCUT2D eigenvalue weighted by Gasteiger charge is -2.33. The first kappa shape index (κ1) is 79.6. The topological polar surface area (TPSA) is 306 Å². The second-order valence-corrected chi connectivity index (χ2v) is 24.7. The predicted octanol–water partition coefficient (Wildman–Crippen LogP) is 7.32. The lowest BCUT2D eigenvalue weighted by Crippen LogP contribution is -2.46. The third-order valence-electron chi connectivity index (χ3n) is 15.2. The summed E-state index contributed by atoms with van der Waals surface area (Å²) in [5.41, 5.74) is -6.39. The van der Waals surface area contributed by atoms with E-state index in [9.17, 15) is 39.6 Å². The fraction of sp³-hybridized carbons (Fsp3) is 0.818. The van der Waals surface area contributed by atoms with Crippen LogP contribution in [0.5, 0.6) is 0 Å². The fourth-order valence-corrected chi connectivity index (χ4v) is 8.98. The van der Waals surface area contributed by atoms with E-state index < -0.39 is 134 Å². The maximum absolute atomic E-state index is 14.8. The quantitative estimate of drug-likeness (QED) is 0.0201. The van der Waals surface area contributed by atoms with Crippen LogP contribution in [-0.2, 0) is 99.7 Å². The van der Waals surface area contributed by atoms with Gasteiger partial charge in [0.05, 0.1) is 92.5 Å². The van der Waals surface area contributed by atoms with Crippen molar-refractivity contribution in [1.82, 2.24) is 0 Å². The average molecular weight is 1300 g/mol. The summed E-state index contributed by atoms with van der Waals surface area (Å²) in [6.45, 7) is 10.5. The minimum atomic E-state index is -1.63. The first-order chi connectivity index (χ1) is 43.7. The Morgan fingerprint density at radius 2 is 0.648 bits per heavy atom. The van der Waals surface area contributed by atoms with Crippen molar-refractivity contribution in [3.05, 3.63) is 48.6 Å². The standard InChI is InChI=1S/C66H110O25/c1-9-13-25-51(67)82-41-63(5,45-86-55-29-17-21-33-76-55)59(71)80-39-49(90-61(73)65(7,43-84-53(69)27-15-11-3)47-88-57-31-19-23-35-78-57)37-75-38-50(91-62(74)66(8,44-85-54(70)28-16-12-4)48-89-58-32-20-24-36-79-58)40-81-60(72)64(6,42-83-52(68)26-14-10-2)46-87-56-30-18-22-34-77-56/h17-20,29-32,49-58,67-70H,9-16,21-28,33-48H2,1-8H3. The van der Waals surface area contributed by atoms with E-state index in [1.165, 1.54) is 27.7 Å². The van der Waals surface area contributed by atoms with Crippen LogP contribution >= 0.6 is 0 Å². The molecule has 0 radical (unpaired) electrons. The summed E-state index contributed by atoms with van der Waals surface area (Å²) in [5.74, 6) is -3.53. The van der Waals surface area contributed by atoms with E-state index in [0.717, 1.165) is 25.7 Å². The van der Waals surface area contributed by atoms with Crippen molar-refractivity contribution in [2.45, 2.75) is 221 Å². The van der Waals surface area contributed by atoms with Crippen LogP contribution in [0.15, 0.2) is 48.6 Å². The monoisotopic (exact) mass is 1300 g/mol. The van der Waals surface area contributed by atoms with Crippen LogP contribution in [0.2, 0.25) is 0 Å². The van der Waals surface area contributed by atoms with Crippen LogP contribution in [0.4, 0.5) is 0 Å². The number of carbonyl (C=O) groups is 4. The molecule has 4 heterocycles. The first-order valence-electron chi connectivity index (χ1n) is 32.8. The molecule has 14 atom stereocenters. The molecule has 0 aliphatic carbocycles. The largest absolute Gasteiger partial charge is 0.461 e. The molecule has 0 spiro atoms.